The zero-order valence-electron chi connectivity index (χ0n) is 11.3. The Labute approximate surface area is 114 Å². The maximum absolute atomic E-state index is 12.0. The highest BCUT2D eigenvalue weighted by Gasteiger charge is 2.11. The summed E-state index contributed by atoms with van der Waals surface area (Å²) >= 11 is 5.84. The number of aryl methyl sites for hydroxylation is 1. The lowest BCUT2D eigenvalue weighted by atomic mass is 10.1. The molecule has 1 aromatic heterocycles. The molecule has 0 aliphatic rings. The van der Waals surface area contributed by atoms with E-state index in [1.165, 1.54) is 12.8 Å². The Morgan fingerprint density at radius 2 is 2.17 bits per heavy atom. The number of carbonyl (C=O) groups is 1. The van der Waals surface area contributed by atoms with E-state index in [0.717, 1.165) is 18.5 Å². The summed E-state index contributed by atoms with van der Waals surface area (Å²) in [4.78, 5) is 16.0. The minimum atomic E-state index is -0.0774. The molecular weight excluding hydrogens is 248 g/mol. The normalized spacial score (nSPS) is 12.2. The number of hydrogen-bond donors (Lipinski definition) is 1. The Bertz CT molecular complexity index is 387. The average Bonchev–Trinajstić information content (AvgIpc) is 2.28. The van der Waals surface area contributed by atoms with Crippen LogP contribution in [0.15, 0.2) is 12.1 Å². The molecule has 1 rings (SSSR count). The largest absolute Gasteiger partial charge is 0.350 e. The monoisotopic (exact) mass is 268 g/mol. The van der Waals surface area contributed by atoms with Crippen LogP contribution in [0.5, 0.6) is 0 Å². The highest BCUT2D eigenvalue weighted by molar-refractivity contribution is 6.29. The van der Waals surface area contributed by atoms with Crippen LogP contribution in [-0.4, -0.2) is 16.9 Å². The molecule has 0 saturated heterocycles. The van der Waals surface area contributed by atoms with Crippen LogP contribution in [0.25, 0.3) is 0 Å². The van der Waals surface area contributed by atoms with Gasteiger partial charge in [0, 0.05) is 17.3 Å². The Balaban J connectivity index is 2.54. The van der Waals surface area contributed by atoms with E-state index in [0.29, 0.717) is 10.7 Å². The van der Waals surface area contributed by atoms with E-state index in [1.54, 1.807) is 12.1 Å². The number of nitrogens with one attached hydrogen (secondary N) is 1. The molecule has 0 aliphatic carbocycles. The van der Waals surface area contributed by atoms with E-state index in [-0.39, 0.29) is 11.9 Å². The maximum Gasteiger partial charge on any atom is 0.251 e. The number of rotatable bonds is 6. The number of halogens is 1. The van der Waals surface area contributed by atoms with Crippen LogP contribution in [0.4, 0.5) is 0 Å². The first-order valence-corrected chi connectivity index (χ1v) is 6.85. The third-order valence-electron chi connectivity index (χ3n) is 2.80. The van der Waals surface area contributed by atoms with Crippen molar-refractivity contribution >= 4 is 17.5 Å². The van der Waals surface area contributed by atoms with E-state index in [2.05, 4.69) is 17.2 Å². The Kier molecular flexibility index (Phi) is 6.13. The van der Waals surface area contributed by atoms with E-state index in [4.69, 9.17) is 11.6 Å². The standard InChI is InChI=1S/C14H21ClN2O/c1-4-5-6-7-10(2)17-14(18)12-8-11(3)16-13(15)9-12/h8-10H,4-7H2,1-3H3,(H,17,18). The number of nitrogens with zero attached hydrogens (tertiary/aromatic N) is 1. The Morgan fingerprint density at radius 3 is 2.78 bits per heavy atom. The molecule has 0 radical (unpaired) electrons. The average molecular weight is 269 g/mol. The van der Waals surface area contributed by atoms with Crippen molar-refractivity contribution in [2.75, 3.05) is 0 Å². The predicted molar refractivity (Wildman–Crippen MR) is 75.1 cm³/mol. The van der Waals surface area contributed by atoms with Gasteiger partial charge >= 0.3 is 0 Å². The molecule has 1 amide bonds. The van der Waals surface area contributed by atoms with Crippen molar-refractivity contribution in [2.24, 2.45) is 0 Å². The number of pyridine rings is 1. The van der Waals surface area contributed by atoms with Gasteiger partial charge < -0.3 is 5.32 Å². The van der Waals surface area contributed by atoms with Crippen molar-refractivity contribution in [1.29, 1.82) is 0 Å². The van der Waals surface area contributed by atoms with Crippen LogP contribution in [0, 0.1) is 6.92 Å². The second-order valence-electron chi connectivity index (χ2n) is 4.69. The van der Waals surface area contributed by atoms with Crippen LogP contribution in [0.2, 0.25) is 5.15 Å². The number of aromatic nitrogens is 1. The van der Waals surface area contributed by atoms with Gasteiger partial charge in [-0.05, 0) is 32.4 Å². The Morgan fingerprint density at radius 1 is 1.44 bits per heavy atom. The highest BCUT2D eigenvalue weighted by Crippen LogP contribution is 2.11. The molecule has 0 bridgehead atoms. The first-order chi connectivity index (χ1) is 8.52. The smallest absolute Gasteiger partial charge is 0.251 e. The van der Waals surface area contributed by atoms with Gasteiger partial charge in [-0.2, -0.15) is 0 Å². The Hall–Kier alpha value is -1.09. The summed E-state index contributed by atoms with van der Waals surface area (Å²) in [6, 6.07) is 3.54. The lowest BCUT2D eigenvalue weighted by Gasteiger charge is -2.13. The van der Waals surface area contributed by atoms with Crippen molar-refractivity contribution in [1.82, 2.24) is 10.3 Å². The maximum atomic E-state index is 12.0. The van der Waals surface area contributed by atoms with Gasteiger partial charge in [-0.15, -0.1) is 0 Å². The molecule has 0 aliphatic heterocycles. The minimum Gasteiger partial charge on any atom is -0.350 e. The summed E-state index contributed by atoms with van der Waals surface area (Å²) in [6.07, 6.45) is 4.56. The van der Waals surface area contributed by atoms with Gasteiger partial charge in [0.05, 0.1) is 0 Å². The van der Waals surface area contributed by atoms with E-state index in [1.807, 2.05) is 13.8 Å². The van der Waals surface area contributed by atoms with Crippen LogP contribution in [-0.2, 0) is 0 Å². The van der Waals surface area contributed by atoms with Gasteiger partial charge in [0.15, 0.2) is 0 Å². The first kappa shape index (κ1) is 15.0. The van der Waals surface area contributed by atoms with Crippen LogP contribution < -0.4 is 5.32 Å². The SMILES string of the molecule is CCCCCC(C)NC(=O)c1cc(C)nc(Cl)c1. The third kappa shape index (κ3) is 5.05. The van der Waals surface area contributed by atoms with Crippen LogP contribution in [0.1, 0.15) is 55.6 Å². The van der Waals surface area contributed by atoms with Gasteiger partial charge in [0.2, 0.25) is 0 Å². The van der Waals surface area contributed by atoms with Crippen molar-refractivity contribution < 1.29 is 4.79 Å². The molecule has 100 valence electrons. The van der Waals surface area contributed by atoms with Crippen LogP contribution >= 0.6 is 11.6 Å². The molecule has 1 N–H and O–H groups in total. The zero-order chi connectivity index (χ0) is 13.5. The molecule has 0 fully saturated rings. The van der Waals surface area contributed by atoms with Gasteiger partial charge in [0.25, 0.3) is 5.91 Å². The van der Waals surface area contributed by atoms with Crippen molar-refractivity contribution in [2.45, 2.75) is 52.5 Å². The van der Waals surface area contributed by atoms with E-state index < -0.39 is 0 Å². The second-order valence-corrected chi connectivity index (χ2v) is 5.08. The van der Waals surface area contributed by atoms with Crippen molar-refractivity contribution in [3.63, 3.8) is 0 Å². The fourth-order valence-electron chi connectivity index (χ4n) is 1.84. The zero-order valence-corrected chi connectivity index (χ0v) is 12.0. The second kappa shape index (κ2) is 7.37. The number of unbranched alkanes of at least 4 members (excludes halogenated alkanes) is 2. The summed E-state index contributed by atoms with van der Waals surface area (Å²) in [5.41, 5.74) is 1.33. The fourth-order valence-corrected chi connectivity index (χ4v) is 2.09. The predicted octanol–water partition coefficient (Wildman–Crippen LogP) is 3.74. The molecule has 0 saturated carbocycles. The summed E-state index contributed by atoms with van der Waals surface area (Å²) in [5, 5.41) is 3.34. The molecule has 1 atom stereocenters. The van der Waals surface area contributed by atoms with Gasteiger partial charge in [0.1, 0.15) is 5.15 Å². The van der Waals surface area contributed by atoms with Crippen LogP contribution in [0.3, 0.4) is 0 Å². The number of amides is 1. The van der Waals surface area contributed by atoms with Gasteiger partial charge in [-0.1, -0.05) is 37.8 Å². The minimum absolute atomic E-state index is 0.0774. The van der Waals surface area contributed by atoms with Gasteiger partial charge in [-0.3, -0.25) is 4.79 Å². The lowest BCUT2D eigenvalue weighted by Crippen LogP contribution is -2.32. The lowest BCUT2D eigenvalue weighted by molar-refractivity contribution is 0.0937. The van der Waals surface area contributed by atoms with E-state index in [9.17, 15) is 4.79 Å². The molecule has 3 nitrogen and oxygen atoms in total. The summed E-state index contributed by atoms with van der Waals surface area (Å²) in [5.74, 6) is -0.0774. The molecule has 1 aromatic rings. The summed E-state index contributed by atoms with van der Waals surface area (Å²) in [7, 11) is 0. The third-order valence-corrected chi connectivity index (χ3v) is 3.00. The molecule has 18 heavy (non-hydrogen) atoms. The molecule has 1 heterocycles. The van der Waals surface area contributed by atoms with Gasteiger partial charge in [-0.25, -0.2) is 4.98 Å². The summed E-state index contributed by atoms with van der Waals surface area (Å²) in [6.45, 7) is 6.03. The fraction of sp³-hybridized carbons (Fsp3) is 0.571. The molecule has 4 heteroatoms. The number of carbonyl (C=O) groups excluding carboxylic acids is 1. The molecule has 1 unspecified atom stereocenters. The van der Waals surface area contributed by atoms with Crippen molar-refractivity contribution in [3.05, 3.63) is 28.5 Å². The summed E-state index contributed by atoms with van der Waals surface area (Å²) < 4.78 is 0. The molecular formula is C14H21ClN2O. The first-order valence-electron chi connectivity index (χ1n) is 6.48. The topological polar surface area (TPSA) is 42.0 Å². The quantitative estimate of drug-likeness (QED) is 0.631. The van der Waals surface area contributed by atoms with Crippen molar-refractivity contribution in [3.8, 4) is 0 Å². The number of hydrogen-bond acceptors (Lipinski definition) is 2. The van der Waals surface area contributed by atoms with E-state index >= 15 is 0 Å². The molecule has 0 aromatic carbocycles. The molecule has 0 spiro atoms. The highest BCUT2D eigenvalue weighted by atomic mass is 35.5.